The van der Waals surface area contributed by atoms with E-state index in [4.69, 9.17) is 0 Å². The van der Waals surface area contributed by atoms with Crippen molar-refractivity contribution in [3.63, 3.8) is 0 Å². The fourth-order valence-corrected chi connectivity index (χ4v) is 4.53. The van der Waals surface area contributed by atoms with Crippen LogP contribution in [0.3, 0.4) is 0 Å². The van der Waals surface area contributed by atoms with Crippen molar-refractivity contribution in [3.8, 4) is 0 Å². The third-order valence-corrected chi connectivity index (χ3v) is 6.15. The van der Waals surface area contributed by atoms with Crippen LogP contribution in [0.2, 0.25) is 0 Å². The molecule has 0 fully saturated rings. The molecule has 32 heavy (non-hydrogen) atoms. The van der Waals surface area contributed by atoms with Crippen molar-refractivity contribution in [3.05, 3.63) is 70.3 Å². The summed E-state index contributed by atoms with van der Waals surface area (Å²) in [4.78, 5) is 11.7. The summed E-state index contributed by atoms with van der Waals surface area (Å²) in [5.74, 6) is -1.65. The Morgan fingerprint density at radius 1 is 1.16 bits per heavy atom. The van der Waals surface area contributed by atoms with Gasteiger partial charge in [-0.05, 0) is 72.9 Å². The summed E-state index contributed by atoms with van der Waals surface area (Å²) in [6.45, 7) is 3.83. The molecule has 2 aromatic carbocycles. The molecule has 0 bridgehead atoms. The first-order valence-electron chi connectivity index (χ1n) is 11.6. The van der Waals surface area contributed by atoms with E-state index < -0.39 is 23.8 Å². The van der Waals surface area contributed by atoms with Crippen LogP contribution in [0.25, 0.3) is 0 Å². The maximum absolute atomic E-state index is 13.6. The Bertz CT molecular complexity index is 898. The molecule has 6 heteroatoms. The lowest BCUT2D eigenvalue weighted by atomic mass is 9.85. The molecular formula is C26H34F2N2O2. The molecule has 0 heterocycles. The summed E-state index contributed by atoms with van der Waals surface area (Å²) in [6, 6.07) is 9.49. The molecule has 3 N–H and O–H groups in total. The highest BCUT2D eigenvalue weighted by Gasteiger charge is 2.25. The predicted octanol–water partition coefficient (Wildman–Crippen LogP) is 4.38. The molecule has 0 saturated carbocycles. The third-order valence-electron chi connectivity index (χ3n) is 6.15. The number of carbonyl (C=O) groups is 1. The van der Waals surface area contributed by atoms with Gasteiger partial charge in [0.15, 0.2) is 0 Å². The standard InChI is InChI=1S/C26H34F2N2O2/c1-3-4-6-18-9-10-20-7-5-8-24(23(20)13-18)29-16-26(32)25(30-17(2)31)14-19-11-21(27)15-22(28)12-19/h9-13,15,24-26,29,32H,3-8,14,16H2,1-2H3,(H,30,31). The van der Waals surface area contributed by atoms with Crippen molar-refractivity contribution in [2.75, 3.05) is 6.54 Å². The first kappa shape index (κ1) is 24.3. The molecule has 0 saturated heterocycles. The predicted molar refractivity (Wildman–Crippen MR) is 122 cm³/mol. The number of aryl methyl sites for hydroxylation is 2. The maximum Gasteiger partial charge on any atom is 0.217 e. The molecule has 0 aliphatic heterocycles. The molecule has 2 aromatic rings. The molecule has 3 unspecified atom stereocenters. The normalized spacial score (nSPS) is 17.5. The third kappa shape index (κ3) is 6.84. The van der Waals surface area contributed by atoms with Crippen LogP contribution >= 0.6 is 0 Å². The van der Waals surface area contributed by atoms with Crippen molar-refractivity contribution >= 4 is 5.91 Å². The number of hydrogen-bond acceptors (Lipinski definition) is 3. The minimum absolute atomic E-state index is 0.138. The molecule has 4 nitrogen and oxygen atoms in total. The van der Waals surface area contributed by atoms with Crippen LogP contribution in [-0.4, -0.2) is 29.7 Å². The van der Waals surface area contributed by atoms with E-state index in [2.05, 4.69) is 35.8 Å². The molecule has 3 atom stereocenters. The van der Waals surface area contributed by atoms with E-state index in [1.165, 1.54) is 35.7 Å². The molecule has 1 aliphatic carbocycles. The number of rotatable bonds is 10. The summed E-state index contributed by atoms with van der Waals surface area (Å²) < 4.78 is 27.2. The lowest BCUT2D eigenvalue weighted by Crippen LogP contribution is -2.48. The highest BCUT2D eigenvalue weighted by atomic mass is 19.1. The number of aliphatic hydroxyl groups excluding tert-OH is 1. The number of carbonyl (C=O) groups excluding carboxylic acids is 1. The second-order valence-electron chi connectivity index (χ2n) is 8.85. The SMILES string of the molecule is CCCCc1ccc2c(c1)C(NCC(O)C(Cc1cc(F)cc(F)c1)NC(C)=O)CCC2. The monoisotopic (exact) mass is 444 g/mol. The quantitative estimate of drug-likeness (QED) is 0.510. The first-order chi connectivity index (χ1) is 15.4. The zero-order valence-electron chi connectivity index (χ0n) is 19.0. The van der Waals surface area contributed by atoms with E-state index in [0.29, 0.717) is 5.56 Å². The molecular weight excluding hydrogens is 410 g/mol. The van der Waals surface area contributed by atoms with Gasteiger partial charge in [0, 0.05) is 25.6 Å². The Hall–Kier alpha value is -2.31. The van der Waals surface area contributed by atoms with Crippen molar-refractivity contribution in [2.24, 2.45) is 0 Å². The van der Waals surface area contributed by atoms with E-state index in [1.54, 1.807) is 0 Å². The Morgan fingerprint density at radius 2 is 1.91 bits per heavy atom. The van der Waals surface area contributed by atoms with Crippen LogP contribution in [0, 0.1) is 11.6 Å². The summed E-state index contributed by atoms with van der Waals surface area (Å²) in [7, 11) is 0. The number of amides is 1. The van der Waals surface area contributed by atoms with Crippen molar-refractivity contribution in [2.45, 2.75) is 77.0 Å². The topological polar surface area (TPSA) is 61.4 Å². The lowest BCUT2D eigenvalue weighted by Gasteiger charge is -2.30. The lowest BCUT2D eigenvalue weighted by molar-refractivity contribution is -0.120. The largest absolute Gasteiger partial charge is 0.390 e. The van der Waals surface area contributed by atoms with E-state index >= 15 is 0 Å². The Balaban J connectivity index is 1.68. The molecule has 0 aromatic heterocycles. The number of nitrogens with one attached hydrogen (secondary N) is 2. The zero-order valence-corrected chi connectivity index (χ0v) is 19.0. The minimum Gasteiger partial charge on any atom is -0.390 e. The average molecular weight is 445 g/mol. The minimum atomic E-state index is -0.904. The number of aliphatic hydroxyl groups is 1. The van der Waals surface area contributed by atoms with E-state index in [-0.39, 0.29) is 24.9 Å². The van der Waals surface area contributed by atoms with Gasteiger partial charge in [-0.25, -0.2) is 8.78 Å². The van der Waals surface area contributed by atoms with Gasteiger partial charge >= 0.3 is 0 Å². The number of benzene rings is 2. The molecule has 0 spiro atoms. The van der Waals surface area contributed by atoms with Crippen LogP contribution < -0.4 is 10.6 Å². The highest BCUT2D eigenvalue weighted by molar-refractivity contribution is 5.73. The van der Waals surface area contributed by atoms with Gasteiger partial charge in [0.1, 0.15) is 11.6 Å². The van der Waals surface area contributed by atoms with Gasteiger partial charge in [-0.2, -0.15) is 0 Å². The molecule has 0 radical (unpaired) electrons. The molecule has 3 rings (SSSR count). The second kappa shape index (κ2) is 11.5. The smallest absolute Gasteiger partial charge is 0.217 e. The van der Waals surface area contributed by atoms with Gasteiger partial charge in [0.05, 0.1) is 12.1 Å². The van der Waals surface area contributed by atoms with E-state index in [1.807, 2.05) is 0 Å². The fraction of sp³-hybridized carbons (Fsp3) is 0.500. The number of halogens is 2. The summed E-state index contributed by atoms with van der Waals surface area (Å²) in [5, 5.41) is 17.0. The van der Waals surface area contributed by atoms with Crippen LogP contribution in [0.5, 0.6) is 0 Å². The van der Waals surface area contributed by atoms with Crippen LogP contribution in [0.4, 0.5) is 8.78 Å². The maximum atomic E-state index is 13.6. The molecule has 1 amide bonds. The molecule has 174 valence electrons. The van der Waals surface area contributed by atoms with Crippen molar-refractivity contribution in [1.29, 1.82) is 0 Å². The summed E-state index contributed by atoms with van der Waals surface area (Å²) >= 11 is 0. The molecule has 1 aliphatic rings. The Kier molecular flexibility index (Phi) is 8.76. The number of unbranched alkanes of at least 4 members (excludes halogenated alkanes) is 1. The summed E-state index contributed by atoms with van der Waals surface area (Å²) in [6.07, 6.45) is 5.74. The van der Waals surface area contributed by atoms with Crippen LogP contribution in [-0.2, 0) is 24.1 Å². The van der Waals surface area contributed by atoms with Gasteiger partial charge in [-0.1, -0.05) is 31.5 Å². The number of hydrogen-bond donors (Lipinski definition) is 3. The highest BCUT2D eigenvalue weighted by Crippen LogP contribution is 2.31. The van der Waals surface area contributed by atoms with Crippen molar-refractivity contribution in [1.82, 2.24) is 10.6 Å². The summed E-state index contributed by atoms with van der Waals surface area (Å²) in [5.41, 5.74) is 4.37. The number of fused-ring (bicyclic) bond motifs is 1. The van der Waals surface area contributed by atoms with Gasteiger partial charge in [0.2, 0.25) is 5.91 Å². The van der Waals surface area contributed by atoms with Crippen LogP contribution in [0.1, 0.15) is 67.8 Å². The van der Waals surface area contributed by atoms with Crippen molar-refractivity contribution < 1.29 is 18.7 Å². The van der Waals surface area contributed by atoms with E-state index in [0.717, 1.165) is 44.6 Å². The Morgan fingerprint density at radius 3 is 2.59 bits per heavy atom. The fourth-order valence-electron chi connectivity index (χ4n) is 4.53. The van der Waals surface area contributed by atoms with Gasteiger partial charge in [-0.15, -0.1) is 0 Å². The van der Waals surface area contributed by atoms with E-state index in [9.17, 15) is 18.7 Å². The van der Waals surface area contributed by atoms with Gasteiger partial charge in [-0.3, -0.25) is 4.79 Å². The first-order valence-corrected chi connectivity index (χ1v) is 11.6. The van der Waals surface area contributed by atoms with Gasteiger partial charge in [0.25, 0.3) is 0 Å². The Labute approximate surface area is 189 Å². The average Bonchev–Trinajstić information content (AvgIpc) is 2.74. The zero-order chi connectivity index (χ0) is 23.1. The van der Waals surface area contributed by atoms with Gasteiger partial charge < -0.3 is 15.7 Å². The van der Waals surface area contributed by atoms with Crippen LogP contribution in [0.15, 0.2) is 36.4 Å². The second-order valence-corrected chi connectivity index (χ2v) is 8.85.